The number of aromatic nitrogens is 2. The van der Waals surface area contributed by atoms with Gasteiger partial charge in [0.05, 0.1) is 16.7 Å². The molecule has 1 aliphatic rings. The first-order chi connectivity index (χ1) is 6.45. The smallest absolute Gasteiger partial charge is 0.156 e. The summed E-state index contributed by atoms with van der Waals surface area (Å²) in [4.78, 5) is 0. The molecule has 1 saturated heterocycles. The van der Waals surface area contributed by atoms with E-state index in [1.165, 1.54) is 0 Å². The molecule has 1 atom stereocenters. The molecule has 0 radical (unpaired) electrons. The maximum Gasteiger partial charge on any atom is 0.156 e. The molecule has 1 aromatic rings. The minimum atomic E-state index is -2.94. The summed E-state index contributed by atoms with van der Waals surface area (Å²) in [5, 5.41) is 6.59. The predicted octanol–water partition coefficient (Wildman–Crippen LogP) is 1.09. The highest BCUT2D eigenvalue weighted by Crippen LogP contribution is 2.43. The quantitative estimate of drug-likeness (QED) is 0.761. The van der Waals surface area contributed by atoms with Gasteiger partial charge in [0.25, 0.3) is 0 Å². The number of nitrogens with one attached hydrogen (secondary N) is 1. The first-order valence-corrected chi connectivity index (χ1v) is 6.31. The molecule has 2 rings (SSSR count). The number of rotatable bonds is 1. The Balaban J connectivity index is 2.43. The second-order valence-electron chi connectivity index (χ2n) is 4.30. The summed E-state index contributed by atoms with van der Waals surface area (Å²) in [6.07, 6.45) is 4.20. The fourth-order valence-electron chi connectivity index (χ4n) is 2.12. The molecular weight excluding hydrogens is 200 g/mol. The molecule has 0 amide bonds. The SMILES string of the molecule is CC1(C)C(c2cn[nH]c2)CCS1(=O)=O. The fourth-order valence-corrected chi connectivity index (χ4v) is 3.88. The van der Waals surface area contributed by atoms with E-state index >= 15 is 0 Å². The topological polar surface area (TPSA) is 62.8 Å². The van der Waals surface area contributed by atoms with Crippen molar-refractivity contribution < 1.29 is 8.42 Å². The summed E-state index contributed by atoms with van der Waals surface area (Å²) < 4.78 is 22.9. The molecule has 1 aliphatic heterocycles. The summed E-state index contributed by atoms with van der Waals surface area (Å²) in [5.41, 5.74) is 0.996. The lowest BCUT2D eigenvalue weighted by Gasteiger charge is -2.24. The van der Waals surface area contributed by atoms with Crippen molar-refractivity contribution in [3.8, 4) is 0 Å². The van der Waals surface area contributed by atoms with Gasteiger partial charge in [0.15, 0.2) is 9.84 Å². The van der Waals surface area contributed by atoms with Crippen molar-refractivity contribution in [3.63, 3.8) is 0 Å². The summed E-state index contributed by atoms with van der Waals surface area (Å²) in [7, 11) is -2.94. The number of hydrogen-bond acceptors (Lipinski definition) is 3. The van der Waals surface area contributed by atoms with Crippen LogP contribution in [0.1, 0.15) is 31.7 Å². The second kappa shape index (κ2) is 2.82. The van der Waals surface area contributed by atoms with E-state index in [0.717, 1.165) is 5.56 Å². The molecule has 2 heterocycles. The van der Waals surface area contributed by atoms with E-state index in [-0.39, 0.29) is 11.7 Å². The van der Waals surface area contributed by atoms with E-state index in [1.807, 2.05) is 0 Å². The second-order valence-corrected chi connectivity index (χ2v) is 6.99. The highest BCUT2D eigenvalue weighted by molar-refractivity contribution is 7.93. The minimum absolute atomic E-state index is 0.0752. The van der Waals surface area contributed by atoms with Gasteiger partial charge in [-0.1, -0.05) is 0 Å². The van der Waals surface area contributed by atoms with Crippen LogP contribution in [0.4, 0.5) is 0 Å². The Bertz CT molecular complexity index is 420. The lowest BCUT2D eigenvalue weighted by molar-refractivity contribution is 0.518. The Kier molecular flexibility index (Phi) is 1.96. The van der Waals surface area contributed by atoms with Crippen LogP contribution in [-0.4, -0.2) is 29.1 Å². The van der Waals surface area contributed by atoms with Gasteiger partial charge in [-0.05, 0) is 25.8 Å². The number of nitrogens with zero attached hydrogens (tertiary/aromatic N) is 1. The predicted molar refractivity (Wildman–Crippen MR) is 53.8 cm³/mol. The lowest BCUT2D eigenvalue weighted by Crippen LogP contribution is -2.32. The van der Waals surface area contributed by atoms with Gasteiger partial charge in [0.2, 0.25) is 0 Å². The van der Waals surface area contributed by atoms with Gasteiger partial charge < -0.3 is 0 Å². The lowest BCUT2D eigenvalue weighted by atomic mass is 9.88. The van der Waals surface area contributed by atoms with Crippen molar-refractivity contribution in [2.45, 2.75) is 30.9 Å². The Hall–Kier alpha value is -0.840. The van der Waals surface area contributed by atoms with Crippen LogP contribution >= 0.6 is 0 Å². The van der Waals surface area contributed by atoms with E-state index in [9.17, 15) is 8.42 Å². The van der Waals surface area contributed by atoms with Gasteiger partial charge in [-0.3, -0.25) is 5.10 Å². The van der Waals surface area contributed by atoms with Crippen LogP contribution in [0.15, 0.2) is 12.4 Å². The number of hydrogen-bond donors (Lipinski definition) is 1. The maximum absolute atomic E-state index is 11.8. The standard InChI is InChI=1S/C9H14N2O2S/c1-9(2)8(3-4-14(9,12)13)7-5-10-11-6-7/h5-6,8H,3-4H2,1-2H3,(H,10,11). The zero-order valence-electron chi connectivity index (χ0n) is 8.32. The monoisotopic (exact) mass is 214 g/mol. The Morgan fingerprint density at radius 2 is 2.29 bits per heavy atom. The van der Waals surface area contributed by atoms with Crippen molar-refractivity contribution in [2.75, 3.05) is 5.75 Å². The van der Waals surface area contributed by atoms with Gasteiger partial charge in [-0.25, -0.2) is 8.42 Å². The van der Waals surface area contributed by atoms with Gasteiger partial charge in [-0.15, -0.1) is 0 Å². The number of sulfone groups is 1. The molecule has 78 valence electrons. The Morgan fingerprint density at radius 1 is 1.57 bits per heavy atom. The summed E-state index contributed by atoms with van der Waals surface area (Å²) in [5.74, 6) is 0.363. The van der Waals surface area contributed by atoms with Crippen molar-refractivity contribution in [2.24, 2.45) is 0 Å². The van der Waals surface area contributed by atoms with Gasteiger partial charge >= 0.3 is 0 Å². The fraction of sp³-hybridized carbons (Fsp3) is 0.667. The third-order valence-corrected chi connectivity index (χ3v) is 5.90. The Morgan fingerprint density at radius 3 is 2.71 bits per heavy atom. The van der Waals surface area contributed by atoms with E-state index in [4.69, 9.17) is 0 Å². The molecule has 1 aromatic heterocycles. The van der Waals surface area contributed by atoms with Crippen LogP contribution in [0.5, 0.6) is 0 Å². The van der Waals surface area contributed by atoms with Crippen molar-refractivity contribution in [1.29, 1.82) is 0 Å². The first kappa shape index (κ1) is 9.71. The molecule has 0 saturated carbocycles. The van der Waals surface area contributed by atoms with Crippen LogP contribution in [0.25, 0.3) is 0 Å². The van der Waals surface area contributed by atoms with Gasteiger partial charge in [0.1, 0.15) is 0 Å². The highest BCUT2D eigenvalue weighted by Gasteiger charge is 2.48. The molecule has 5 heteroatoms. The molecule has 1 N–H and O–H groups in total. The summed E-state index contributed by atoms with van der Waals surface area (Å²) >= 11 is 0. The van der Waals surface area contributed by atoms with Crippen molar-refractivity contribution in [3.05, 3.63) is 18.0 Å². The average Bonchev–Trinajstić information content (AvgIpc) is 2.61. The van der Waals surface area contributed by atoms with E-state index in [1.54, 1.807) is 26.2 Å². The molecule has 1 fully saturated rings. The van der Waals surface area contributed by atoms with Crippen molar-refractivity contribution >= 4 is 9.84 Å². The molecule has 1 unspecified atom stereocenters. The summed E-state index contributed by atoms with van der Waals surface area (Å²) in [6, 6.07) is 0. The third kappa shape index (κ3) is 1.19. The number of aromatic amines is 1. The van der Waals surface area contributed by atoms with E-state index < -0.39 is 14.6 Å². The zero-order valence-corrected chi connectivity index (χ0v) is 9.13. The normalized spacial score (nSPS) is 29.1. The minimum Gasteiger partial charge on any atom is -0.285 e. The van der Waals surface area contributed by atoms with Crippen molar-refractivity contribution in [1.82, 2.24) is 10.2 Å². The van der Waals surface area contributed by atoms with Crippen LogP contribution in [0.3, 0.4) is 0 Å². The molecule has 0 aromatic carbocycles. The molecule has 14 heavy (non-hydrogen) atoms. The van der Waals surface area contributed by atoms with Gasteiger partial charge in [0, 0.05) is 12.1 Å². The zero-order chi connectivity index (χ0) is 10.4. The van der Waals surface area contributed by atoms with Crippen LogP contribution in [0, 0.1) is 0 Å². The van der Waals surface area contributed by atoms with E-state index in [0.29, 0.717) is 6.42 Å². The first-order valence-electron chi connectivity index (χ1n) is 4.66. The van der Waals surface area contributed by atoms with Crippen LogP contribution < -0.4 is 0 Å². The molecule has 0 aliphatic carbocycles. The summed E-state index contributed by atoms with van der Waals surface area (Å²) in [6.45, 7) is 3.60. The molecule has 4 nitrogen and oxygen atoms in total. The average molecular weight is 214 g/mol. The maximum atomic E-state index is 11.8. The largest absolute Gasteiger partial charge is 0.285 e. The third-order valence-electron chi connectivity index (χ3n) is 3.24. The molecule has 0 bridgehead atoms. The van der Waals surface area contributed by atoms with Crippen LogP contribution in [0.2, 0.25) is 0 Å². The highest BCUT2D eigenvalue weighted by atomic mass is 32.2. The molecular formula is C9H14N2O2S. The molecule has 0 spiro atoms. The van der Waals surface area contributed by atoms with E-state index in [2.05, 4.69) is 10.2 Å². The number of H-pyrrole nitrogens is 1. The van der Waals surface area contributed by atoms with Gasteiger partial charge in [-0.2, -0.15) is 5.10 Å². The Labute approximate surface area is 83.6 Å². The van der Waals surface area contributed by atoms with Crippen LogP contribution in [-0.2, 0) is 9.84 Å².